The molecule has 0 aliphatic heterocycles. The van der Waals surface area contributed by atoms with Gasteiger partial charge in [-0.2, -0.15) is 0 Å². The van der Waals surface area contributed by atoms with Gasteiger partial charge in [-0.25, -0.2) is 20.0 Å². The lowest BCUT2D eigenvalue weighted by Crippen LogP contribution is -2.58. The summed E-state index contributed by atoms with van der Waals surface area (Å²) in [4.78, 5) is 117. The summed E-state index contributed by atoms with van der Waals surface area (Å²) in [6.07, 6.45) is -11.1. The van der Waals surface area contributed by atoms with Gasteiger partial charge in [-0.15, -0.1) is 0 Å². The molecular formula is C36H48N22O13. The number of aromatic hydroxyl groups is 1. The van der Waals surface area contributed by atoms with Gasteiger partial charge in [0.2, 0.25) is 36.8 Å². The number of nitrogens with one attached hydrogen (secondary N) is 5. The molecule has 0 bridgehead atoms. The van der Waals surface area contributed by atoms with E-state index in [-0.39, 0.29) is 16.9 Å². The highest BCUT2D eigenvalue weighted by atomic mass is 16.6. The Morgan fingerprint density at radius 2 is 1.08 bits per heavy atom. The minimum absolute atomic E-state index is 0.0582. The van der Waals surface area contributed by atoms with Crippen molar-refractivity contribution in [1.29, 1.82) is 0 Å². The van der Waals surface area contributed by atoms with Crippen LogP contribution in [0, 0.1) is 20.2 Å². The summed E-state index contributed by atoms with van der Waals surface area (Å²) >= 11 is 0. The number of nitrogens with two attached hydrogens (primary N) is 10. The minimum atomic E-state index is -2.58. The van der Waals surface area contributed by atoms with E-state index >= 15 is 0 Å². The zero-order valence-corrected chi connectivity index (χ0v) is 36.7. The molecule has 3 rings (SSSR count). The fourth-order valence-corrected chi connectivity index (χ4v) is 5.81. The van der Waals surface area contributed by atoms with Gasteiger partial charge in [0, 0.05) is 12.1 Å². The first kappa shape index (κ1) is 54.9. The fraction of sp³-hybridized carbons (Fsp3) is 0.222. The summed E-state index contributed by atoms with van der Waals surface area (Å²) < 4.78 is 5.18. The number of carbonyl (C=O) groups is 6. The van der Waals surface area contributed by atoms with E-state index in [9.17, 15) is 59.2 Å². The molecule has 0 radical (unpaired) electrons. The summed E-state index contributed by atoms with van der Waals surface area (Å²) in [6.45, 7) is -0.765. The largest absolute Gasteiger partial charge is 0.508 e. The number of ether oxygens (including phenoxy) is 1. The number of benzene rings is 3. The molecule has 0 saturated carbocycles. The van der Waals surface area contributed by atoms with E-state index < -0.39 is 141 Å². The van der Waals surface area contributed by atoms with Crippen molar-refractivity contribution in [3.63, 3.8) is 0 Å². The Morgan fingerprint density at radius 3 is 1.52 bits per heavy atom. The normalized spacial score (nSPS) is 13.0. The van der Waals surface area contributed by atoms with Crippen LogP contribution in [0.15, 0.2) is 80.6 Å². The number of anilines is 2. The molecule has 0 fully saturated rings. The second-order valence-electron chi connectivity index (χ2n) is 14.0. The minimum Gasteiger partial charge on any atom is -0.508 e. The van der Waals surface area contributed by atoms with Crippen LogP contribution in [0.1, 0.15) is 17.2 Å². The Balaban J connectivity index is 2.06. The highest BCUT2D eigenvalue weighted by Crippen LogP contribution is 2.39. The van der Waals surface area contributed by atoms with E-state index in [0.29, 0.717) is 11.0 Å². The van der Waals surface area contributed by atoms with Gasteiger partial charge >= 0.3 is 0 Å². The third-order valence-corrected chi connectivity index (χ3v) is 8.91. The van der Waals surface area contributed by atoms with Crippen molar-refractivity contribution in [2.24, 2.45) is 71.6 Å². The number of rotatable bonds is 23. The molecule has 0 aromatic heterocycles. The maximum Gasteiger partial charge on any atom is 0.299 e. The van der Waals surface area contributed by atoms with Crippen LogP contribution in [0.3, 0.4) is 0 Å². The van der Waals surface area contributed by atoms with E-state index in [1.165, 1.54) is 49.6 Å². The van der Waals surface area contributed by atoms with Gasteiger partial charge in [-0.05, 0) is 29.8 Å². The molecule has 380 valence electrons. The number of guanidine groups is 4. The number of phenolic OH excluding ortho intramolecular Hbond substituents is 1. The maximum atomic E-state index is 14.2. The number of hydrogen-bond donors (Lipinski definition) is 17. The summed E-state index contributed by atoms with van der Waals surface area (Å²) in [5.41, 5.74) is 51.0. The fourth-order valence-electron chi connectivity index (χ4n) is 5.81. The zero-order chi connectivity index (χ0) is 53.4. The van der Waals surface area contributed by atoms with Crippen LogP contribution in [0.4, 0.5) is 22.7 Å². The Morgan fingerprint density at radius 1 is 0.634 bits per heavy atom. The smallest absolute Gasteiger partial charge is 0.299 e. The lowest BCUT2D eigenvalue weighted by atomic mass is 10.1. The third-order valence-electron chi connectivity index (χ3n) is 8.91. The number of nitrogens with zero attached hydrogens (tertiary/aromatic N) is 7. The predicted molar refractivity (Wildman–Crippen MR) is 248 cm³/mol. The molecule has 0 aliphatic rings. The number of phenols is 1. The van der Waals surface area contributed by atoms with Gasteiger partial charge < -0.3 is 104 Å². The van der Waals surface area contributed by atoms with Crippen molar-refractivity contribution >= 4 is 82.0 Å². The second kappa shape index (κ2) is 24.3. The average Bonchev–Trinajstić information content (AvgIpc) is 3.28. The molecule has 0 saturated heterocycles. The maximum absolute atomic E-state index is 14.2. The molecule has 0 heterocycles. The highest BCUT2D eigenvalue weighted by Gasteiger charge is 2.37. The van der Waals surface area contributed by atoms with Crippen LogP contribution >= 0.6 is 0 Å². The first-order valence-electron chi connectivity index (χ1n) is 19.5. The summed E-state index contributed by atoms with van der Waals surface area (Å²) in [5.74, 6) is -12.0. The monoisotopic (exact) mass is 996 g/mol. The molecule has 6 unspecified atom stereocenters. The number of nitrogen functional groups attached to an aromatic ring is 1. The average molecular weight is 997 g/mol. The molecule has 27 N–H and O–H groups in total. The first-order chi connectivity index (χ1) is 33.2. The van der Waals surface area contributed by atoms with Crippen LogP contribution in [-0.4, -0.2) is 117 Å². The number of hydrogen-bond acceptors (Lipinski definition) is 19. The molecule has 3 aromatic carbocycles. The quantitative estimate of drug-likeness (QED) is 0.0105. The van der Waals surface area contributed by atoms with E-state index in [1.807, 2.05) is 16.0 Å². The summed E-state index contributed by atoms with van der Waals surface area (Å²) in [5, 5.41) is 56.7. The van der Waals surface area contributed by atoms with Crippen molar-refractivity contribution in [2.75, 3.05) is 17.7 Å². The van der Waals surface area contributed by atoms with Crippen LogP contribution in [0.2, 0.25) is 0 Å². The Bertz CT molecular complexity index is 2650. The first-order valence-corrected chi connectivity index (χ1v) is 19.5. The van der Waals surface area contributed by atoms with Gasteiger partial charge in [0.1, 0.15) is 28.9 Å². The summed E-state index contributed by atoms with van der Waals surface area (Å²) in [6, 6.07) is 9.90. The number of nitro benzene ring substituents is 2. The van der Waals surface area contributed by atoms with Gasteiger partial charge in [0.15, 0.2) is 23.8 Å². The number of aliphatic imine (C=N–C) groups is 4. The molecule has 3 aromatic rings. The molecule has 71 heavy (non-hydrogen) atoms. The Labute approximate surface area is 398 Å². The lowest BCUT2D eigenvalue weighted by Gasteiger charge is -2.31. The van der Waals surface area contributed by atoms with Gasteiger partial charge in [0.25, 0.3) is 40.9 Å². The van der Waals surface area contributed by atoms with Crippen LogP contribution in [0.5, 0.6) is 11.5 Å². The van der Waals surface area contributed by atoms with Crippen LogP contribution in [-0.2, 0) is 35.3 Å². The number of nitro groups is 2. The molecule has 0 aliphatic carbocycles. The molecule has 35 nitrogen and oxygen atoms in total. The topological polar surface area (TPSA) is 611 Å². The van der Waals surface area contributed by atoms with Crippen LogP contribution in [0.25, 0.3) is 0 Å². The van der Waals surface area contributed by atoms with E-state index in [0.717, 1.165) is 12.1 Å². The number of methoxy groups -OCH3 is 1. The van der Waals surface area contributed by atoms with Gasteiger partial charge in [-0.1, -0.05) is 30.3 Å². The number of aliphatic hydroxyl groups excluding tert-OH is 1. The predicted octanol–water partition coefficient (Wildman–Crippen LogP) is -7.67. The second-order valence-corrected chi connectivity index (χ2v) is 14.0. The SMILES string of the molecule is COc1ccc(O)c(CN(c2cc(N)c([N+](=O)[O-])cc2[N+](=O)[O-])C(O)C(=O)NC(C(=O)NC(N=C(N)N)C(=O)NC(N=C(N)N)C(=O)NC(N=C(N)N)C(=O)NC(N=C(N)N)C(N)=O)c2ccccc2)c1. The zero-order valence-electron chi connectivity index (χ0n) is 36.7. The van der Waals surface area contributed by atoms with Gasteiger partial charge in [-0.3, -0.25) is 49.0 Å². The van der Waals surface area contributed by atoms with Crippen molar-refractivity contribution in [3.05, 3.63) is 92.0 Å². The Kier molecular flexibility index (Phi) is 18.8. The van der Waals surface area contributed by atoms with Crippen molar-refractivity contribution in [3.8, 4) is 11.5 Å². The van der Waals surface area contributed by atoms with Crippen molar-refractivity contribution < 1.29 is 53.6 Å². The van der Waals surface area contributed by atoms with Crippen molar-refractivity contribution in [2.45, 2.75) is 43.5 Å². The molecule has 6 atom stereocenters. The third kappa shape index (κ3) is 15.6. The molecule has 0 spiro atoms. The molecule has 6 amide bonds. The summed E-state index contributed by atoms with van der Waals surface area (Å²) in [7, 11) is 1.27. The highest BCUT2D eigenvalue weighted by molar-refractivity contribution is 5.99. The van der Waals surface area contributed by atoms with Crippen molar-refractivity contribution in [1.82, 2.24) is 26.6 Å². The number of carbonyl (C=O) groups excluding carboxylic acids is 6. The van der Waals surface area contributed by atoms with E-state index in [4.69, 9.17) is 62.1 Å². The Hall–Kier alpha value is -10.5. The van der Waals surface area contributed by atoms with E-state index in [2.05, 4.69) is 30.6 Å². The van der Waals surface area contributed by atoms with Gasteiger partial charge in [0.05, 0.1) is 23.0 Å². The molecule has 35 heteroatoms. The van der Waals surface area contributed by atoms with Crippen LogP contribution < -0.4 is 93.6 Å². The number of amides is 6. The number of aliphatic hydroxyl groups is 1. The number of primary amides is 1. The molecular weight excluding hydrogens is 949 g/mol. The standard InChI is InChI=1S/C36H48N22O13/c1-71-15-7-8-20(59)14(9-15)12-56(18-10-16(37)17(57(67)68)11-19(18)58(69)70)32(66)31(65)47-21(13-5-3-2-4-6-13)27(61)49-24(53-34(41)42)29(63)51-26(55-36(45)46)30(64)50-25(54-35(43)44)28(62)48-23(22(38)60)52-33(39)40/h2-11,21,23-26,32,59,66H,12,37H2,1H3,(H2,38,60)(H,47,65)(H,48,62)(H,49,61)(H,50,64)(H,51,63)(H4,39,40,52)(H4,41,42,53)(H4,43,44,54)(H4,45,46,55). The van der Waals surface area contributed by atoms with E-state index in [1.54, 1.807) is 0 Å². The lowest BCUT2D eigenvalue weighted by molar-refractivity contribution is -0.393.